The van der Waals surface area contributed by atoms with Crippen molar-refractivity contribution in [2.45, 2.75) is 18.4 Å². The monoisotopic (exact) mass is 459 g/mol. The fourth-order valence-corrected chi connectivity index (χ4v) is 5.34. The quantitative estimate of drug-likeness (QED) is 0.587. The number of likely N-dealkylation sites (N-methyl/N-ethyl adjacent to an activating group) is 1. The van der Waals surface area contributed by atoms with Crippen LogP contribution in [0.25, 0.3) is 10.8 Å². The van der Waals surface area contributed by atoms with Crippen molar-refractivity contribution in [1.82, 2.24) is 14.8 Å². The van der Waals surface area contributed by atoms with Crippen LogP contribution in [0.5, 0.6) is 0 Å². The average Bonchev–Trinajstić information content (AvgIpc) is 3.10. The second-order valence-electron chi connectivity index (χ2n) is 9.65. The third-order valence-electron chi connectivity index (χ3n) is 7.01. The van der Waals surface area contributed by atoms with Gasteiger partial charge in [0, 0.05) is 56.3 Å². The lowest BCUT2D eigenvalue weighted by Crippen LogP contribution is -2.61. The van der Waals surface area contributed by atoms with Gasteiger partial charge in [0.05, 0.1) is 19.8 Å². The Labute approximate surface area is 201 Å². The predicted octanol–water partition coefficient (Wildman–Crippen LogP) is 3.20. The molecule has 0 aliphatic carbocycles. The summed E-state index contributed by atoms with van der Waals surface area (Å²) in [6, 6.07) is 18.6. The van der Waals surface area contributed by atoms with Crippen molar-refractivity contribution in [3.05, 3.63) is 78.1 Å². The first-order valence-electron chi connectivity index (χ1n) is 12.2. The smallest absolute Gasteiger partial charge is 0.256 e. The summed E-state index contributed by atoms with van der Waals surface area (Å²) in [5, 5.41) is 2.36. The van der Waals surface area contributed by atoms with Crippen molar-refractivity contribution in [3.63, 3.8) is 0 Å². The first kappa shape index (κ1) is 23.0. The van der Waals surface area contributed by atoms with E-state index in [9.17, 15) is 4.79 Å². The van der Waals surface area contributed by atoms with Crippen molar-refractivity contribution >= 4 is 16.7 Å². The summed E-state index contributed by atoms with van der Waals surface area (Å²) in [6.45, 7) is 4.45. The number of hydrogen-bond acceptors (Lipinski definition) is 5. The lowest BCUT2D eigenvalue weighted by molar-refractivity contribution is -0.170. The van der Waals surface area contributed by atoms with E-state index in [1.807, 2.05) is 41.6 Å². The Morgan fingerprint density at radius 1 is 1.09 bits per heavy atom. The minimum atomic E-state index is -0.868. The van der Waals surface area contributed by atoms with Crippen LogP contribution in [0.3, 0.4) is 0 Å². The van der Waals surface area contributed by atoms with Crippen molar-refractivity contribution < 1.29 is 14.3 Å². The van der Waals surface area contributed by atoms with E-state index in [1.165, 1.54) is 16.3 Å². The van der Waals surface area contributed by atoms with Crippen molar-refractivity contribution in [1.29, 1.82) is 0 Å². The van der Waals surface area contributed by atoms with E-state index >= 15 is 0 Å². The van der Waals surface area contributed by atoms with E-state index in [-0.39, 0.29) is 11.8 Å². The highest BCUT2D eigenvalue weighted by molar-refractivity contribution is 5.86. The summed E-state index contributed by atoms with van der Waals surface area (Å²) in [6.07, 6.45) is 5.19. The molecule has 1 amide bonds. The number of benzene rings is 2. The van der Waals surface area contributed by atoms with Gasteiger partial charge in [-0.25, -0.2) is 0 Å². The number of rotatable bonds is 5. The van der Waals surface area contributed by atoms with E-state index in [2.05, 4.69) is 47.3 Å². The number of pyridine rings is 1. The molecule has 2 aliphatic rings. The number of carbonyl (C=O) groups is 1. The summed E-state index contributed by atoms with van der Waals surface area (Å²) in [4.78, 5) is 22.6. The molecule has 178 valence electrons. The highest BCUT2D eigenvalue weighted by atomic mass is 16.5. The number of morpholine rings is 1. The summed E-state index contributed by atoms with van der Waals surface area (Å²) in [7, 11) is 2.07. The lowest BCUT2D eigenvalue weighted by atomic mass is 9.90. The number of aromatic nitrogens is 1. The number of nitrogens with zero attached hydrogens (tertiary/aromatic N) is 3. The zero-order valence-electron chi connectivity index (χ0n) is 19.9. The van der Waals surface area contributed by atoms with Gasteiger partial charge in [0.25, 0.3) is 5.91 Å². The molecule has 0 unspecified atom stereocenters. The highest BCUT2D eigenvalue weighted by Gasteiger charge is 2.46. The molecular formula is C28H33N3O3. The Bertz CT molecular complexity index is 1120. The van der Waals surface area contributed by atoms with Crippen LogP contribution < -0.4 is 0 Å². The Morgan fingerprint density at radius 3 is 2.82 bits per heavy atom. The standard InChI is InChI=1S/C28H33N3O3/c1-30-12-15-34-28(21-30,17-22-6-3-2-4-7-22)27(32)31-13-14-33-20-23(19-31)16-25-9-5-8-24-10-11-29-18-26(24)25/h2-11,18,23H,12-17,19-21H2,1H3/t23-,28+/m0/s1. The number of carbonyl (C=O) groups excluding carboxylic acids is 1. The van der Waals surface area contributed by atoms with E-state index < -0.39 is 5.60 Å². The van der Waals surface area contributed by atoms with Crippen LogP contribution in [-0.4, -0.2) is 79.3 Å². The van der Waals surface area contributed by atoms with Crippen LogP contribution in [0.15, 0.2) is 67.0 Å². The molecule has 0 radical (unpaired) electrons. The summed E-state index contributed by atoms with van der Waals surface area (Å²) in [5.41, 5.74) is 1.50. The topological polar surface area (TPSA) is 54.9 Å². The Kier molecular flexibility index (Phi) is 6.90. The second kappa shape index (κ2) is 10.2. The zero-order valence-corrected chi connectivity index (χ0v) is 19.9. The van der Waals surface area contributed by atoms with Gasteiger partial charge in [-0.2, -0.15) is 0 Å². The molecule has 2 aromatic carbocycles. The molecule has 0 bridgehead atoms. The van der Waals surface area contributed by atoms with Gasteiger partial charge >= 0.3 is 0 Å². The predicted molar refractivity (Wildman–Crippen MR) is 133 cm³/mol. The molecular weight excluding hydrogens is 426 g/mol. The second-order valence-corrected chi connectivity index (χ2v) is 9.65. The van der Waals surface area contributed by atoms with Crippen molar-refractivity contribution in [2.75, 3.05) is 53.0 Å². The average molecular weight is 460 g/mol. The minimum absolute atomic E-state index is 0.0815. The van der Waals surface area contributed by atoms with Gasteiger partial charge in [0.1, 0.15) is 0 Å². The zero-order chi connectivity index (χ0) is 23.4. The number of ether oxygens (including phenoxy) is 2. The summed E-state index contributed by atoms with van der Waals surface area (Å²) < 4.78 is 12.3. The first-order valence-corrected chi connectivity index (χ1v) is 12.2. The fraction of sp³-hybridized carbons (Fsp3) is 0.429. The minimum Gasteiger partial charge on any atom is -0.379 e. The number of hydrogen-bond donors (Lipinski definition) is 0. The van der Waals surface area contributed by atoms with Gasteiger partial charge in [-0.15, -0.1) is 0 Å². The first-order chi connectivity index (χ1) is 16.6. The van der Waals surface area contributed by atoms with Crippen molar-refractivity contribution in [2.24, 2.45) is 5.92 Å². The van der Waals surface area contributed by atoms with Crippen LogP contribution in [-0.2, 0) is 27.1 Å². The SMILES string of the molecule is CN1CCO[C@@](Cc2ccccc2)(C(=O)N2CCOC[C@@H](Cc3cccc4ccncc34)C2)C1. The van der Waals surface area contributed by atoms with Crippen LogP contribution in [0.1, 0.15) is 11.1 Å². The molecule has 0 spiro atoms. The van der Waals surface area contributed by atoms with Gasteiger partial charge in [-0.1, -0.05) is 48.5 Å². The third kappa shape index (κ3) is 4.99. The Morgan fingerprint density at radius 2 is 1.97 bits per heavy atom. The van der Waals surface area contributed by atoms with E-state index in [1.54, 1.807) is 0 Å². The molecule has 2 saturated heterocycles. The van der Waals surface area contributed by atoms with Gasteiger partial charge in [-0.3, -0.25) is 9.78 Å². The van der Waals surface area contributed by atoms with Gasteiger partial charge in [0.15, 0.2) is 5.60 Å². The molecule has 34 heavy (non-hydrogen) atoms. The molecule has 3 aromatic rings. The van der Waals surface area contributed by atoms with Crippen LogP contribution in [0, 0.1) is 5.92 Å². The molecule has 2 atom stereocenters. The van der Waals surface area contributed by atoms with E-state index in [0.717, 1.165) is 18.5 Å². The maximum absolute atomic E-state index is 14.1. The number of fused-ring (bicyclic) bond motifs is 1. The molecule has 5 rings (SSSR count). The lowest BCUT2D eigenvalue weighted by Gasteiger charge is -2.43. The maximum Gasteiger partial charge on any atom is 0.256 e. The van der Waals surface area contributed by atoms with E-state index in [0.29, 0.717) is 45.9 Å². The highest BCUT2D eigenvalue weighted by Crippen LogP contribution is 2.28. The van der Waals surface area contributed by atoms with Crippen LogP contribution in [0.4, 0.5) is 0 Å². The molecule has 6 heteroatoms. The van der Waals surface area contributed by atoms with Gasteiger partial charge in [-0.05, 0) is 36.0 Å². The molecule has 6 nitrogen and oxygen atoms in total. The molecule has 1 aromatic heterocycles. The molecule has 3 heterocycles. The summed E-state index contributed by atoms with van der Waals surface area (Å²) in [5.74, 6) is 0.297. The summed E-state index contributed by atoms with van der Waals surface area (Å²) >= 11 is 0. The van der Waals surface area contributed by atoms with Crippen LogP contribution in [0.2, 0.25) is 0 Å². The Balaban J connectivity index is 1.38. The largest absolute Gasteiger partial charge is 0.379 e. The van der Waals surface area contributed by atoms with Gasteiger partial charge < -0.3 is 19.3 Å². The Hall–Kier alpha value is -2.80. The third-order valence-corrected chi connectivity index (χ3v) is 7.01. The number of amides is 1. The van der Waals surface area contributed by atoms with Crippen molar-refractivity contribution in [3.8, 4) is 0 Å². The van der Waals surface area contributed by atoms with Crippen LogP contribution >= 0.6 is 0 Å². The normalized spacial score (nSPS) is 24.1. The molecule has 0 N–H and O–H groups in total. The van der Waals surface area contributed by atoms with E-state index in [4.69, 9.17) is 9.47 Å². The molecule has 2 fully saturated rings. The molecule has 0 saturated carbocycles. The maximum atomic E-state index is 14.1. The fourth-order valence-electron chi connectivity index (χ4n) is 5.34. The molecule has 2 aliphatic heterocycles. The van der Waals surface area contributed by atoms with Gasteiger partial charge in [0.2, 0.25) is 0 Å².